The Bertz CT molecular complexity index is 619. The first-order chi connectivity index (χ1) is 8.56. The molecule has 0 aliphatic heterocycles. The highest BCUT2D eigenvalue weighted by molar-refractivity contribution is 9.11. The van der Waals surface area contributed by atoms with Crippen molar-refractivity contribution in [2.24, 2.45) is 0 Å². The Morgan fingerprint density at radius 3 is 2.61 bits per heavy atom. The fourth-order valence-electron chi connectivity index (χ4n) is 1.33. The minimum Gasteiger partial charge on any atom is -0.288 e. The van der Waals surface area contributed by atoms with Gasteiger partial charge in [-0.05, 0) is 57.9 Å². The number of carbonyl (C=O) groups is 1. The van der Waals surface area contributed by atoms with Gasteiger partial charge in [-0.15, -0.1) is 11.3 Å². The third-order valence-corrected chi connectivity index (χ3v) is 4.39. The van der Waals surface area contributed by atoms with Crippen LogP contribution in [0.2, 0.25) is 10.0 Å². The van der Waals surface area contributed by atoms with E-state index >= 15 is 0 Å². The summed E-state index contributed by atoms with van der Waals surface area (Å²) in [5.41, 5.74) is 0.769. The van der Waals surface area contributed by atoms with Crippen LogP contribution in [-0.2, 0) is 0 Å². The smallest absolute Gasteiger partial charge is 0.195 e. The van der Waals surface area contributed by atoms with Gasteiger partial charge in [0.15, 0.2) is 5.78 Å². The number of allylic oxidation sites excluding steroid dienone is 1. The molecule has 0 saturated carbocycles. The maximum absolute atomic E-state index is 11.8. The molecular weight excluding hydrogens is 355 g/mol. The largest absolute Gasteiger partial charge is 0.288 e. The molecule has 0 saturated heterocycles. The highest BCUT2D eigenvalue weighted by atomic mass is 79.9. The van der Waals surface area contributed by atoms with Crippen LogP contribution in [0.1, 0.15) is 15.2 Å². The second kappa shape index (κ2) is 6.02. The van der Waals surface area contributed by atoms with E-state index in [1.165, 1.54) is 17.4 Å². The predicted octanol–water partition coefficient (Wildman–Crippen LogP) is 5.71. The summed E-state index contributed by atoms with van der Waals surface area (Å²) in [6.07, 6.45) is 3.20. The van der Waals surface area contributed by atoms with Crippen LogP contribution in [0.15, 0.2) is 40.2 Å². The molecule has 0 N–H and O–H groups in total. The van der Waals surface area contributed by atoms with Gasteiger partial charge in [-0.2, -0.15) is 0 Å². The molecule has 0 spiro atoms. The zero-order valence-electron chi connectivity index (χ0n) is 8.99. The third-order valence-electron chi connectivity index (χ3n) is 2.19. The van der Waals surface area contributed by atoms with Crippen LogP contribution in [-0.4, -0.2) is 5.78 Å². The zero-order chi connectivity index (χ0) is 13.1. The standard InChI is InChI=1S/C13H7BrCl2OS/c14-13-6-5-12(18-13)11(17)4-2-8-1-3-9(15)7-10(8)16/h1-7H/b4-2+. The van der Waals surface area contributed by atoms with E-state index in [9.17, 15) is 4.79 Å². The Morgan fingerprint density at radius 2 is 2.00 bits per heavy atom. The predicted molar refractivity (Wildman–Crippen MR) is 81.8 cm³/mol. The first-order valence-electron chi connectivity index (χ1n) is 4.99. The fourth-order valence-corrected chi connectivity index (χ4v) is 3.11. The number of hydrogen-bond acceptors (Lipinski definition) is 2. The second-order valence-corrected chi connectivity index (χ2v) is 6.77. The molecule has 0 radical (unpaired) electrons. The Hall–Kier alpha value is -0.610. The number of benzene rings is 1. The van der Waals surface area contributed by atoms with Gasteiger partial charge in [-0.3, -0.25) is 4.79 Å². The van der Waals surface area contributed by atoms with Gasteiger partial charge >= 0.3 is 0 Å². The number of ketones is 1. The normalized spacial score (nSPS) is 11.1. The molecule has 0 aliphatic carbocycles. The van der Waals surface area contributed by atoms with Crippen LogP contribution in [0.3, 0.4) is 0 Å². The van der Waals surface area contributed by atoms with Crippen LogP contribution < -0.4 is 0 Å². The van der Waals surface area contributed by atoms with E-state index in [0.29, 0.717) is 14.9 Å². The summed E-state index contributed by atoms with van der Waals surface area (Å²) in [6, 6.07) is 8.79. The summed E-state index contributed by atoms with van der Waals surface area (Å²) in [4.78, 5) is 12.5. The molecule has 18 heavy (non-hydrogen) atoms. The summed E-state index contributed by atoms with van der Waals surface area (Å²) < 4.78 is 0.934. The van der Waals surface area contributed by atoms with Gasteiger partial charge < -0.3 is 0 Å². The van der Waals surface area contributed by atoms with Gasteiger partial charge in [0.1, 0.15) is 0 Å². The highest BCUT2D eigenvalue weighted by Gasteiger charge is 2.05. The maximum atomic E-state index is 11.8. The van der Waals surface area contributed by atoms with Crippen molar-refractivity contribution in [3.63, 3.8) is 0 Å². The van der Waals surface area contributed by atoms with Crippen LogP contribution in [0.5, 0.6) is 0 Å². The molecule has 92 valence electrons. The number of thiophene rings is 1. The van der Waals surface area contributed by atoms with Gasteiger partial charge in [0, 0.05) is 10.0 Å². The monoisotopic (exact) mass is 360 g/mol. The quantitative estimate of drug-likeness (QED) is 0.505. The summed E-state index contributed by atoms with van der Waals surface area (Å²) >= 11 is 16.5. The van der Waals surface area contributed by atoms with Crippen LogP contribution in [0.25, 0.3) is 6.08 Å². The molecule has 0 atom stereocenters. The maximum Gasteiger partial charge on any atom is 0.195 e. The average molecular weight is 362 g/mol. The van der Waals surface area contributed by atoms with E-state index in [1.807, 2.05) is 6.07 Å². The minimum absolute atomic E-state index is 0.0447. The molecule has 0 bridgehead atoms. The molecule has 1 heterocycles. The van der Waals surface area contributed by atoms with Gasteiger partial charge in [0.25, 0.3) is 0 Å². The summed E-state index contributed by atoms with van der Waals surface area (Å²) in [5, 5.41) is 1.10. The summed E-state index contributed by atoms with van der Waals surface area (Å²) in [5.74, 6) is -0.0447. The summed E-state index contributed by atoms with van der Waals surface area (Å²) in [6.45, 7) is 0. The van der Waals surface area contributed by atoms with E-state index in [2.05, 4.69) is 15.9 Å². The lowest BCUT2D eigenvalue weighted by molar-refractivity contribution is 0.105. The number of carbonyl (C=O) groups excluding carboxylic acids is 1. The Labute approximate surface area is 127 Å². The fraction of sp³-hybridized carbons (Fsp3) is 0. The van der Waals surface area contributed by atoms with Crippen molar-refractivity contribution in [3.8, 4) is 0 Å². The van der Waals surface area contributed by atoms with Crippen molar-refractivity contribution in [1.82, 2.24) is 0 Å². The number of hydrogen-bond donors (Lipinski definition) is 0. The molecule has 2 aromatic rings. The van der Waals surface area contributed by atoms with E-state index in [4.69, 9.17) is 23.2 Å². The third kappa shape index (κ3) is 3.45. The first-order valence-corrected chi connectivity index (χ1v) is 7.35. The van der Waals surface area contributed by atoms with Crippen molar-refractivity contribution in [1.29, 1.82) is 0 Å². The Balaban J connectivity index is 2.18. The molecule has 0 amide bonds. The van der Waals surface area contributed by atoms with Gasteiger partial charge in [0.05, 0.1) is 8.66 Å². The SMILES string of the molecule is O=C(/C=C/c1ccc(Cl)cc1Cl)c1ccc(Br)s1. The number of halogens is 3. The van der Waals surface area contributed by atoms with Crippen LogP contribution in [0.4, 0.5) is 0 Å². The molecule has 0 aliphatic rings. The highest BCUT2D eigenvalue weighted by Crippen LogP contribution is 2.24. The zero-order valence-corrected chi connectivity index (χ0v) is 12.9. The lowest BCUT2D eigenvalue weighted by atomic mass is 10.2. The second-order valence-electron chi connectivity index (χ2n) is 3.47. The first kappa shape index (κ1) is 13.8. The topological polar surface area (TPSA) is 17.1 Å². The van der Waals surface area contributed by atoms with Crippen molar-refractivity contribution < 1.29 is 4.79 Å². The lowest BCUT2D eigenvalue weighted by Gasteiger charge is -1.98. The van der Waals surface area contributed by atoms with Crippen LogP contribution in [0, 0.1) is 0 Å². The molecule has 0 fully saturated rings. The van der Waals surface area contributed by atoms with Gasteiger partial charge in [-0.25, -0.2) is 0 Å². The average Bonchev–Trinajstić information content (AvgIpc) is 2.74. The number of rotatable bonds is 3. The Kier molecular flexibility index (Phi) is 4.62. The van der Waals surface area contributed by atoms with E-state index < -0.39 is 0 Å². The Morgan fingerprint density at radius 1 is 1.22 bits per heavy atom. The van der Waals surface area contributed by atoms with Crippen molar-refractivity contribution in [3.05, 3.63) is 60.7 Å². The van der Waals surface area contributed by atoms with Crippen molar-refractivity contribution >= 4 is 62.3 Å². The summed E-state index contributed by atoms with van der Waals surface area (Å²) in [7, 11) is 0. The van der Waals surface area contributed by atoms with Gasteiger partial charge in [0.2, 0.25) is 0 Å². The molecule has 2 rings (SSSR count). The van der Waals surface area contributed by atoms with E-state index in [0.717, 1.165) is 9.35 Å². The van der Waals surface area contributed by atoms with Crippen molar-refractivity contribution in [2.45, 2.75) is 0 Å². The van der Waals surface area contributed by atoms with Crippen molar-refractivity contribution in [2.75, 3.05) is 0 Å². The molecule has 1 aromatic heterocycles. The molecule has 1 nitrogen and oxygen atoms in total. The van der Waals surface area contributed by atoms with E-state index in [1.54, 1.807) is 30.3 Å². The molecular formula is C13H7BrCl2OS. The minimum atomic E-state index is -0.0447. The van der Waals surface area contributed by atoms with Crippen LogP contribution >= 0.6 is 50.5 Å². The lowest BCUT2D eigenvalue weighted by Crippen LogP contribution is -1.88. The molecule has 1 aromatic carbocycles. The molecule has 5 heteroatoms. The van der Waals surface area contributed by atoms with Gasteiger partial charge in [-0.1, -0.05) is 29.3 Å². The molecule has 0 unspecified atom stereocenters. The van der Waals surface area contributed by atoms with E-state index in [-0.39, 0.29) is 5.78 Å².